The topological polar surface area (TPSA) is 29.9 Å². The standard InChI is InChI=1S/C15H21N3/c1-5-16-15(14-8-9-17-18(14)4)13-10-11(2)6-7-12(13)3/h6-10,15-16H,5H2,1-4H3. The summed E-state index contributed by atoms with van der Waals surface area (Å²) in [6.45, 7) is 7.36. The zero-order valence-electron chi connectivity index (χ0n) is 11.6. The van der Waals surface area contributed by atoms with Crippen molar-refractivity contribution in [3.63, 3.8) is 0 Å². The van der Waals surface area contributed by atoms with Gasteiger partial charge in [0, 0.05) is 13.2 Å². The van der Waals surface area contributed by atoms with E-state index in [1.54, 1.807) is 0 Å². The Morgan fingerprint density at radius 2 is 2.06 bits per heavy atom. The van der Waals surface area contributed by atoms with Gasteiger partial charge in [-0.15, -0.1) is 0 Å². The molecule has 1 aromatic carbocycles. The first-order chi connectivity index (χ1) is 8.63. The lowest BCUT2D eigenvalue weighted by atomic mass is 9.96. The van der Waals surface area contributed by atoms with E-state index in [2.05, 4.69) is 55.5 Å². The Balaban J connectivity index is 2.48. The fraction of sp³-hybridized carbons (Fsp3) is 0.400. The van der Waals surface area contributed by atoms with E-state index in [0.717, 1.165) is 6.54 Å². The number of benzene rings is 1. The first kappa shape index (κ1) is 12.8. The van der Waals surface area contributed by atoms with E-state index in [1.165, 1.54) is 22.4 Å². The van der Waals surface area contributed by atoms with Crippen LogP contribution in [0.3, 0.4) is 0 Å². The lowest BCUT2D eigenvalue weighted by molar-refractivity contribution is 0.570. The van der Waals surface area contributed by atoms with Gasteiger partial charge in [0.25, 0.3) is 0 Å². The summed E-state index contributed by atoms with van der Waals surface area (Å²) in [5.74, 6) is 0. The van der Waals surface area contributed by atoms with Gasteiger partial charge in [-0.3, -0.25) is 4.68 Å². The van der Waals surface area contributed by atoms with E-state index in [4.69, 9.17) is 0 Å². The SMILES string of the molecule is CCNC(c1cc(C)ccc1C)c1ccnn1C. The highest BCUT2D eigenvalue weighted by molar-refractivity contribution is 5.37. The van der Waals surface area contributed by atoms with Crippen molar-refractivity contribution in [3.8, 4) is 0 Å². The lowest BCUT2D eigenvalue weighted by Crippen LogP contribution is -2.25. The average molecular weight is 243 g/mol. The predicted molar refractivity (Wildman–Crippen MR) is 74.6 cm³/mol. The molecule has 1 N–H and O–H groups in total. The summed E-state index contributed by atoms with van der Waals surface area (Å²) < 4.78 is 1.94. The molecule has 0 aliphatic carbocycles. The summed E-state index contributed by atoms with van der Waals surface area (Å²) >= 11 is 0. The molecule has 2 aromatic rings. The van der Waals surface area contributed by atoms with Gasteiger partial charge in [0.1, 0.15) is 0 Å². The van der Waals surface area contributed by atoms with Gasteiger partial charge >= 0.3 is 0 Å². The molecule has 1 aromatic heterocycles. The van der Waals surface area contributed by atoms with Crippen molar-refractivity contribution < 1.29 is 0 Å². The summed E-state index contributed by atoms with van der Waals surface area (Å²) in [4.78, 5) is 0. The number of nitrogens with one attached hydrogen (secondary N) is 1. The third-order valence-corrected chi connectivity index (χ3v) is 3.31. The van der Waals surface area contributed by atoms with E-state index in [-0.39, 0.29) is 6.04 Å². The van der Waals surface area contributed by atoms with Crippen LogP contribution in [0.4, 0.5) is 0 Å². The highest BCUT2D eigenvalue weighted by Gasteiger charge is 2.18. The summed E-state index contributed by atoms with van der Waals surface area (Å²) in [6.07, 6.45) is 1.85. The normalized spacial score (nSPS) is 12.7. The highest BCUT2D eigenvalue weighted by Crippen LogP contribution is 2.25. The van der Waals surface area contributed by atoms with Gasteiger partial charge in [0.2, 0.25) is 0 Å². The predicted octanol–water partition coefficient (Wildman–Crippen LogP) is 2.74. The molecule has 0 aliphatic heterocycles. The molecule has 0 fully saturated rings. The first-order valence-corrected chi connectivity index (χ1v) is 6.42. The fourth-order valence-electron chi connectivity index (χ4n) is 2.32. The molecule has 18 heavy (non-hydrogen) atoms. The second-order valence-corrected chi connectivity index (χ2v) is 4.73. The third-order valence-electron chi connectivity index (χ3n) is 3.31. The third kappa shape index (κ3) is 2.46. The van der Waals surface area contributed by atoms with Gasteiger partial charge in [-0.2, -0.15) is 5.10 Å². The van der Waals surface area contributed by atoms with Crippen LogP contribution >= 0.6 is 0 Å². The number of nitrogens with zero attached hydrogens (tertiary/aromatic N) is 2. The second-order valence-electron chi connectivity index (χ2n) is 4.73. The molecule has 1 atom stereocenters. The monoisotopic (exact) mass is 243 g/mol. The zero-order valence-corrected chi connectivity index (χ0v) is 11.6. The molecule has 3 heteroatoms. The lowest BCUT2D eigenvalue weighted by Gasteiger charge is -2.21. The van der Waals surface area contributed by atoms with Gasteiger partial charge < -0.3 is 5.32 Å². The van der Waals surface area contributed by atoms with Crippen molar-refractivity contribution in [2.75, 3.05) is 6.54 Å². The Kier molecular flexibility index (Phi) is 3.82. The van der Waals surface area contributed by atoms with E-state index < -0.39 is 0 Å². The van der Waals surface area contributed by atoms with Crippen LogP contribution < -0.4 is 5.32 Å². The largest absolute Gasteiger partial charge is 0.305 e. The minimum Gasteiger partial charge on any atom is -0.305 e. The molecule has 0 bridgehead atoms. The van der Waals surface area contributed by atoms with Gasteiger partial charge in [0.05, 0.1) is 11.7 Å². The first-order valence-electron chi connectivity index (χ1n) is 6.42. The van der Waals surface area contributed by atoms with Crippen molar-refractivity contribution in [2.45, 2.75) is 26.8 Å². The van der Waals surface area contributed by atoms with Gasteiger partial charge in [-0.05, 0) is 37.6 Å². The maximum absolute atomic E-state index is 4.27. The van der Waals surface area contributed by atoms with Crippen LogP contribution in [0.1, 0.15) is 35.3 Å². The molecule has 2 rings (SSSR count). The van der Waals surface area contributed by atoms with Crippen LogP contribution in [0.25, 0.3) is 0 Å². The van der Waals surface area contributed by atoms with E-state index in [9.17, 15) is 0 Å². The van der Waals surface area contributed by atoms with Crippen molar-refractivity contribution in [1.82, 2.24) is 15.1 Å². The molecule has 0 spiro atoms. The van der Waals surface area contributed by atoms with Gasteiger partial charge in [-0.1, -0.05) is 30.7 Å². The van der Waals surface area contributed by atoms with Crippen molar-refractivity contribution in [1.29, 1.82) is 0 Å². The van der Waals surface area contributed by atoms with Gasteiger partial charge in [0.15, 0.2) is 0 Å². The summed E-state index contributed by atoms with van der Waals surface area (Å²) in [7, 11) is 1.99. The van der Waals surface area contributed by atoms with E-state index in [0.29, 0.717) is 0 Å². The summed E-state index contributed by atoms with van der Waals surface area (Å²) in [5, 5.41) is 7.82. The Labute approximate surface area is 109 Å². The smallest absolute Gasteiger partial charge is 0.0750 e. The van der Waals surface area contributed by atoms with Crippen LogP contribution in [-0.4, -0.2) is 16.3 Å². The van der Waals surface area contributed by atoms with Crippen LogP contribution in [0.15, 0.2) is 30.5 Å². The molecule has 0 amide bonds. The van der Waals surface area contributed by atoms with Crippen LogP contribution in [0, 0.1) is 13.8 Å². The number of aromatic nitrogens is 2. The zero-order chi connectivity index (χ0) is 13.1. The minimum absolute atomic E-state index is 0.211. The number of aryl methyl sites for hydroxylation is 3. The molecule has 0 saturated heterocycles. The molecule has 0 saturated carbocycles. The Bertz CT molecular complexity index is 528. The number of hydrogen-bond donors (Lipinski definition) is 1. The average Bonchev–Trinajstić information content (AvgIpc) is 2.76. The number of rotatable bonds is 4. The van der Waals surface area contributed by atoms with Gasteiger partial charge in [-0.25, -0.2) is 0 Å². The highest BCUT2D eigenvalue weighted by atomic mass is 15.3. The Morgan fingerprint density at radius 3 is 2.67 bits per heavy atom. The van der Waals surface area contributed by atoms with Crippen LogP contribution in [0.2, 0.25) is 0 Å². The molecular weight excluding hydrogens is 222 g/mol. The molecule has 0 aliphatic rings. The molecule has 3 nitrogen and oxygen atoms in total. The Morgan fingerprint density at radius 1 is 1.28 bits per heavy atom. The molecule has 0 radical (unpaired) electrons. The van der Waals surface area contributed by atoms with E-state index >= 15 is 0 Å². The Hall–Kier alpha value is -1.61. The fourth-order valence-corrected chi connectivity index (χ4v) is 2.32. The van der Waals surface area contributed by atoms with Crippen molar-refractivity contribution in [3.05, 3.63) is 52.8 Å². The molecule has 96 valence electrons. The summed E-state index contributed by atoms with van der Waals surface area (Å²) in [6, 6.07) is 8.89. The van der Waals surface area contributed by atoms with Crippen molar-refractivity contribution >= 4 is 0 Å². The number of hydrogen-bond acceptors (Lipinski definition) is 2. The molecular formula is C15H21N3. The summed E-state index contributed by atoms with van der Waals surface area (Å²) in [5.41, 5.74) is 5.14. The second kappa shape index (κ2) is 5.36. The van der Waals surface area contributed by atoms with Crippen LogP contribution in [0.5, 0.6) is 0 Å². The minimum atomic E-state index is 0.211. The van der Waals surface area contributed by atoms with Crippen molar-refractivity contribution in [2.24, 2.45) is 7.05 Å². The molecule has 1 unspecified atom stereocenters. The molecule has 1 heterocycles. The maximum atomic E-state index is 4.27. The maximum Gasteiger partial charge on any atom is 0.0750 e. The van der Waals surface area contributed by atoms with Crippen LogP contribution in [-0.2, 0) is 7.05 Å². The van der Waals surface area contributed by atoms with E-state index in [1.807, 2.05) is 17.9 Å². The quantitative estimate of drug-likeness (QED) is 0.895.